The van der Waals surface area contributed by atoms with Crippen LogP contribution in [0.1, 0.15) is 24.3 Å². The minimum atomic E-state index is -1.08. The molecule has 0 spiro atoms. The average Bonchev–Trinajstić information content (AvgIpc) is 2.67. The first-order valence-corrected chi connectivity index (χ1v) is 6.39. The molecular formula is C13H13ClN2O4. The van der Waals surface area contributed by atoms with Crippen molar-refractivity contribution >= 4 is 34.2 Å². The summed E-state index contributed by atoms with van der Waals surface area (Å²) < 4.78 is 1.59. The average molecular weight is 297 g/mol. The number of aromatic carboxylic acids is 1. The van der Waals surface area contributed by atoms with Crippen LogP contribution in [0.15, 0.2) is 18.2 Å². The molecule has 106 valence electrons. The van der Waals surface area contributed by atoms with Gasteiger partial charge in [0, 0.05) is 24.1 Å². The summed E-state index contributed by atoms with van der Waals surface area (Å²) in [6.45, 7) is 4.39. The predicted molar refractivity (Wildman–Crippen MR) is 75.4 cm³/mol. The maximum Gasteiger partial charge on any atom is 0.352 e. The second kappa shape index (κ2) is 5.13. The van der Waals surface area contributed by atoms with E-state index >= 15 is 0 Å². The van der Waals surface area contributed by atoms with Gasteiger partial charge in [0.15, 0.2) is 0 Å². The molecule has 0 saturated carbocycles. The van der Waals surface area contributed by atoms with Crippen LogP contribution in [-0.4, -0.2) is 20.6 Å². The fourth-order valence-electron chi connectivity index (χ4n) is 2.18. The van der Waals surface area contributed by atoms with E-state index in [9.17, 15) is 20.0 Å². The topological polar surface area (TPSA) is 85.4 Å². The van der Waals surface area contributed by atoms with E-state index in [0.717, 1.165) is 0 Å². The van der Waals surface area contributed by atoms with Crippen LogP contribution in [0.3, 0.4) is 0 Å². The number of carboxylic acid groups (broad SMARTS) is 1. The summed E-state index contributed by atoms with van der Waals surface area (Å²) in [4.78, 5) is 21.6. The van der Waals surface area contributed by atoms with Crippen LogP contribution in [0.2, 0.25) is 5.02 Å². The molecule has 0 aliphatic rings. The fraction of sp³-hybridized carbons (Fsp3) is 0.308. The molecule has 7 heteroatoms. The molecule has 2 aromatic rings. The molecule has 0 amide bonds. The molecule has 0 fully saturated rings. The van der Waals surface area contributed by atoms with Gasteiger partial charge in [-0.3, -0.25) is 10.1 Å². The molecule has 6 nitrogen and oxygen atoms in total. The second-order valence-corrected chi connectivity index (χ2v) is 5.37. The van der Waals surface area contributed by atoms with Gasteiger partial charge < -0.3 is 9.67 Å². The summed E-state index contributed by atoms with van der Waals surface area (Å²) in [5.41, 5.74) is 0.445. The van der Waals surface area contributed by atoms with Gasteiger partial charge >= 0.3 is 5.97 Å². The molecule has 0 aliphatic carbocycles. The zero-order valence-corrected chi connectivity index (χ0v) is 11.7. The first-order valence-electron chi connectivity index (χ1n) is 6.01. The van der Waals surface area contributed by atoms with Gasteiger partial charge in [0.05, 0.1) is 15.5 Å². The van der Waals surface area contributed by atoms with Gasteiger partial charge in [0.25, 0.3) is 5.69 Å². The summed E-state index contributed by atoms with van der Waals surface area (Å²) in [5.74, 6) is -0.865. The number of carboxylic acids is 1. The minimum absolute atomic E-state index is 0.0797. The van der Waals surface area contributed by atoms with Crippen LogP contribution in [0.25, 0.3) is 10.9 Å². The Labute approximate surface area is 119 Å². The lowest BCUT2D eigenvalue weighted by atomic mass is 10.2. The molecule has 20 heavy (non-hydrogen) atoms. The van der Waals surface area contributed by atoms with Gasteiger partial charge in [0.1, 0.15) is 5.69 Å². The van der Waals surface area contributed by atoms with Crippen molar-refractivity contribution < 1.29 is 14.8 Å². The third-order valence-corrected chi connectivity index (χ3v) is 3.20. The van der Waals surface area contributed by atoms with E-state index in [1.54, 1.807) is 4.57 Å². The Bertz CT molecular complexity index is 706. The lowest BCUT2D eigenvalue weighted by molar-refractivity contribution is -0.384. The zero-order valence-electron chi connectivity index (χ0n) is 11.0. The number of halogens is 1. The van der Waals surface area contributed by atoms with Crippen molar-refractivity contribution in [2.24, 2.45) is 5.92 Å². The van der Waals surface area contributed by atoms with Crippen molar-refractivity contribution in [3.8, 4) is 0 Å². The number of benzene rings is 1. The molecule has 1 aromatic heterocycles. The zero-order chi connectivity index (χ0) is 15.0. The van der Waals surface area contributed by atoms with Gasteiger partial charge in [0.2, 0.25) is 0 Å². The number of carbonyl (C=O) groups is 1. The number of rotatable bonds is 4. The van der Waals surface area contributed by atoms with Crippen molar-refractivity contribution in [3.63, 3.8) is 0 Å². The van der Waals surface area contributed by atoms with E-state index in [0.29, 0.717) is 17.4 Å². The number of hydrogen-bond donors (Lipinski definition) is 1. The molecule has 2 rings (SSSR count). The van der Waals surface area contributed by atoms with Crippen molar-refractivity contribution in [2.45, 2.75) is 20.4 Å². The van der Waals surface area contributed by atoms with E-state index in [4.69, 9.17) is 11.6 Å². The fourth-order valence-corrected chi connectivity index (χ4v) is 2.51. The normalized spacial score (nSPS) is 11.2. The number of non-ortho nitro benzene ring substituents is 1. The highest BCUT2D eigenvalue weighted by atomic mass is 35.5. The van der Waals surface area contributed by atoms with E-state index in [1.165, 1.54) is 18.2 Å². The van der Waals surface area contributed by atoms with Crippen LogP contribution < -0.4 is 0 Å². The smallest absolute Gasteiger partial charge is 0.352 e. The first-order chi connectivity index (χ1) is 9.31. The van der Waals surface area contributed by atoms with Gasteiger partial charge in [-0.25, -0.2) is 4.79 Å². The number of nitro benzene ring substituents is 1. The van der Waals surface area contributed by atoms with Gasteiger partial charge in [-0.2, -0.15) is 0 Å². The molecular weight excluding hydrogens is 284 g/mol. The first kappa shape index (κ1) is 14.3. The quantitative estimate of drug-likeness (QED) is 0.690. The monoisotopic (exact) mass is 296 g/mol. The van der Waals surface area contributed by atoms with Gasteiger partial charge in [-0.1, -0.05) is 25.4 Å². The highest BCUT2D eigenvalue weighted by Crippen LogP contribution is 2.32. The van der Waals surface area contributed by atoms with Crippen LogP contribution in [0.5, 0.6) is 0 Å². The Morgan fingerprint density at radius 1 is 1.45 bits per heavy atom. The molecule has 0 aliphatic heterocycles. The molecule has 0 unspecified atom stereocenters. The number of nitro groups is 1. The number of aromatic nitrogens is 1. The maximum absolute atomic E-state index is 11.3. The molecule has 0 bridgehead atoms. The Morgan fingerprint density at radius 3 is 2.60 bits per heavy atom. The molecule has 0 saturated heterocycles. The van der Waals surface area contributed by atoms with E-state index in [1.807, 2.05) is 13.8 Å². The summed E-state index contributed by atoms with van der Waals surface area (Å²) in [6.07, 6.45) is 0. The van der Waals surface area contributed by atoms with Crippen LogP contribution in [0, 0.1) is 16.0 Å². The van der Waals surface area contributed by atoms with E-state index in [-0.39, 0.29) is 22.3 Å². The number of nitrogens with zero attached hydrogens (tertiary/aromatic N) is 2. The Morgan fingerprint density at radius 2 is 2.10 bits per heavy atom. The standard InChI is InChI=1S/C13H13ClN2O4/c1-7(2)6-15-11(13(17)18)4-8-3-9(16(19)20)5-10(14)12(8)15/h3-5,7H,6H2,1-2H3,(H,17,18). The summed E-state index contributed by atoms with van der Waals surface area (Å²) in [5, 5.41) is 20.7. The summed E-state index contributed by atoms with van der Waals surface area (Å²) in [6, 6.07) is 4.00. The third-order valence-electron chi connectivity index (χ3n) is 2.91. The van der Waals surface area contributed by atoms with Crippen LogP contribution >= 0.6 is 11.6 Å². The molecule has 1 heterocycles. The van der Waals surface area contributed by atoms with Crippen LogP contribution in [0.4, 0.5) is 5.69 Å². The van der Waals surface area contributed by atoms with Gasteiger partial charge in [-0.15, -0.1) is 0 Å². The van der Waals surface area contributed by atoms with Crippen LogP contribution in [-0.2, 0) is 6.54 Å². The lowest BCUT2D eigenvalue weighted by Crippen LogP contribution is -2.12. The minimum Gasteiger partial charge on any atom is -0.477 e. The summed E-state index contributed by atoms with van der Waals surface area (Å²) in [7, 11) is 0. The molecule has 0 radical (unpaired) electrons. The highest BCUT2D eigenvalue weighted by molar-refractivity contribution is 6.35. The van der Waals surface area contributed by atoms with Crippen molar-refractivity contribution in [2.75, 3.05) is 0 Å². The Hall–Kier alpha value is -2.08. The van der Waals surface area contributed by atoms with E-state index < -0.39 is 10.9 Å². The SMILES string of the molecule is CC(C)Cn1c(C(=O)O)cc2cc([N+](=O)[O-])cc(Cl)c21. The predicted octanol–water partition coefficient (Wildman–Crippen LogP) is 3.56. The second-order valence-electron chi connectivity index (χ2n) is 4.96. The van der Waals surface area contributed by atoms with Gasteiger partial charge in [-0.05, 0) is 12.0 Å². The van der Waals surface area contributed by atoms with E-state index in [2.05, 4.69) is 0 Å². The molecule has 0 atom stereocenters. The third kappa shape index (κ3) is 2.46. The van der Waals surface area contributed by atoms with Crippen molar-refractivity contribution in [1.29, 1.82) is 0 Å². The largest absolute Gasteiger partial charge is 0.477 e. The van der Waals surface area contributed by atoms with Crippen molar-refractivity contribution in [3.05, 3.63) is 39.0 Å². The Balaban J connectivity index is 2.77. The lowest BCUT2D eigenvalue weighted by Gasteiger charge is -2.11. The number of hydrogen-bond acceptors (Lipinski definition) is 3. The number of fused-ring (bicyclic) bond motifs is 1. The maximum atomic E-state index is 11.3. The van der Waals surface area contributed by atoms with Crippen molar-refractivity contribution in [1.82, 2.24) is 4.57 Å². The molecule has 1 N–H and O–H groups in total. The molecule has 1 aromatic carbocycles. The Kier molecular flexibility index (Phi) is 3.67. The summed E-state index contributed by atoms with van der Waals surface area (Å²) >= 11 is 6.09. The highest BCUT2D eigenvalue weighted by Gasteiger charge is 2.20.